The van der Waals surface area contributed by atoms with Crippen molar-refractivity contribution in [2.24, 2.45) is 0 Å². The maximum atomic E-state index is 11.7. The zero-order chi connectivity index (χ0) is 13.1. The van der Waals surface area contributed by atoms with Crippen LogP contribution < -0.4 is 10.6 Å². The molecule has 1 aliphatic rings. The fraction of sp³-hybridized carbons (Fsp3) is 0.417. The van der Waals surface area contributed by atoms with Gasteiger partial charge in [0.05, 0.1) is 0 Å². The molecule has 6 nitrogen and oxygen atoms in total. The van der Waals surface area contributed by atoms with Gasteiger partial charge in [0.1, 0.15) is 17.4 Å². The third-order valence-corrected chi connectivity index (χ3v) is 2.71. The Kier molecular flexibility index (Phi) is 3.45. The first-order chi connectivity index (χ1) is 8.58. The molecule has 0 radical (unpaired) electrons. The predicted molar refractivity (Wildman–Crippen MR) is 65.4 cm³/mol. The van der Waals surface area contributed by atoms with E-state index < -0.39 is 12.0 Å². The molecular weight excluding hydrogens is 234 g/mol. The summed E-state index contributed by atoms with van der Waals surface area (Å²) in [4.78, 5) is 26.7. The average molecular weight is 249 g/mol. The first-order valence-corrected chi connectivity index (χ1v) is 5.83. The van der Waals surface area contributed by atoms with Crippen molar-refractivity contribution in [3.8, 4) is 0 Å². The molecule has 1 aromatic heterocycles. The van der Waals surface area contributed by atoms with Crippen LogP contribution in [-0.4, -0.2) is 34.1 Å². The van der Waals surface area contributed by atoms with Crippen LogP contribution in [0.4, 0.5) is 5.82 Å². The summed E-state index contributed by atoms with van der Waals surface area (Å²) < 4.78 is 0. The third kappa shape index (κ3) is 2.97. The number of aromatic carboxylic acids is 1. The molecule has 18 heavy (non-hydrogen) atoms. The molecule has 0 saturated heterocycles. The van der Waals surface area contributed by atoms with Crippen molar-refractivity contribution in [2.45, 2.75) is 31.8 Å². The van der Waals surface area contributed by atoms with Crippen molar-refractivity contribution in [1.29, 1.82) is 0 Å². The summed E-state index contributed by atoms with van der Waals surface area (Å²) in [7, 11) is 0. The van der Waals surface area contributed by atoms with E-state index >= 15 is 0 Å². The largest absolute Gasteiger partial charge is 0.478 e. The quantitative estimate of drug-likeness (QED) is 0.720. The molecular formula is C12H15N3O3. The number of nitrogens with one attached hydrogen (secondary N) is 2. The Balaban J connectivity index is 2.03. The van der Waals surface area contributed by atoms with E-state index in [0.717, 1.165) is 12.8 Å². The lowest BCUT2D eigenvalue weighted by atomic mass is 10.2. The summed E-state index contributed by atoms with van der Waals surface area (Å²) in [6.07, 6.45) is 3.52. The number of anilines is 1. The predicted octanol–water partition coefficient (Wildman–Crippen LogP) is 0.859. The Morgan fingerprint density at radius 3 is 2.83 bits per heavy atom. The van der Waals surface area contributed by atoms with Crippen LogP contribution in [0.5, 0.6) is 0 Å². The summed E-state index contributed by atoms with van der Waals surface area (Å²) in [5, 5.41) is 14.7. The molecule has 1 fully saturated rings. The van der Waals surface area contributed by atoms with Crippen LogP contribution in [0.2, 0.25) is 0 Å². The number of pyridine rings is 1. The van der Waals surface area contributed by atoms with Crippen molar-refractivity contribution in [3.63, 3.8) is 0 Å². The van der Waals surface area contributed by atoms with Gasteiger partial charge in [0.25, 0.3) is 0 Å². The molecule has 0 aromatic carbocycles. The van der Waals surface area contributed by atoms with Gasteiger partial charge in [-0.3, -0.25) is 4.79 Å². The van der Waals surface area contributed by atoms with Crippen LogP contribution in [0, 0.1) is 0 Å². The second kappa shape index (κ2) is 5.03. The van der Waals surface area contributed by atoms with E-state index in [9.17, 15) is 9.59 Å². The molecule has 0 spiro atoms. The lowest BCUT2D eigenvalue weighted by Crippen LogP contribution is -2.39. The van der Waals surface area contributed by atoms with Crippen molar-refractivity contribution < 1.29 is 14.7 Å². The fourth-order valence-corrected chi connectivity index (χ4v) is 1.52. The van der Waals surface area contributed by atoms with Gasteiger partial charge >= 0.3 is 5.97 Å². The molecule has 96 valence electrons. The van der Waals surface area contributed by atoms with Gasteiger partial charge in [0, 0.05) is 12.2 Å². The van der Waals surface area contributed by atoms with E-state index in [1.165, 1.54) is 12.3 Å². The third-order valence-electron chi connectivity index (χ3n) is 2.71. The Hall–Kier alpha value is -2.11. The van der Waals surface area contributed by atoms with Crippen molar-refractivity contribution >= 4 is 17.7 Å². The standard InChI is InChI=1S/C12H15N3O3/c1-7(11(16)15-8-4-5-8)14-10-9(12(17)18)3-2-6-13-10/h2-3,6-8H,4-5H2,1H3,(H,13,14)(H,15,16)(H,17,18). The van der Waals surface area contributed by atoms with E-state index in [4.69, 9.17) is 5.11 Å². The minimum absolute atomic E-state index is 0.0589. The number of hydrogen-bond acceptors (Lipinski definition) is 4. The Morgan fingerprint density at radius 1 is 1.50 bits per heavy atom. The van der Waals surface area contributed by atoms with Gasteiger partial charge in [0.2, 0.25) is 5.91 Å². The minimum Gasteiger partial charge on any atom is -0.478 e. The molecule has 1 saturated carbocycles. The van der Waals surface area contributed by atoms with Gasteiger partial charge in [-0.2, -0.15) is 0 Å². The first kappa shape index (κ1) is 12.3. The van der Waals surface area contributed by atoms with Crippen molar-refractivity contribution in [3.05, 3.63) is 23.9 Å². The lowest BCUT2D eigenvalue weighted by Gasteiger charge is -2.15. The number of carboxylic acid groups (broad SMARTS) is 1. The summed E-state index contributed by atoms with van der Waals surface area (Å²) in [5.74, 6) is -0.997. The molecule has 1 aliphatic carbocycles. The monoisotopic (exact) mass is 249 g/mol. The van der Waals surface area contributed by atoms with Gasteiger partial charge < -0.3 is 15.7 Å². The van der Waals surface area contributed by atoms with Crippen LogP contribution in [-0.2, 0) is 4.79 Å². The van der Waals surface area contributed by atoms with Crippen LogP contribution in [0.3, 0.4) is 0 Å². The number of carbonyl (C=O) groups excluding carboxylic acids is 1. The van der Waals surface area contributed by atoms with Gasteiger partial charge in [-0.15, -0.1) is 0 Å². The van der Waals surface area contributed by atoms with Crippen molar-refractivity contribution in [2.75, 3.05) is 5.32 Å². The lowest BCUT2D eigenvalue weighted by molar-refractivity contribution is -0.121. The maximum Gasteiger partial charge on any atom is 0.339 e. The zero-order valence-corrected chi connectivity index (χ0v) is 10.0. The second-order valence-corrected chi connectivity index (χ2v) is 4.35. The highest BCUT2D eigenvalue weighted by Crippen LogP contribution is 2.19. The zero-order valence-electron chi connectivity index (χ0n) is 10.0. The summed E-state index contributed by atoms with van der Waals surface area (Å²) >= 11 is 0. The van der Waals surface area contributed by atoms with E-state index in [0.29, 0.717) is 0 Å². The van der Waals surface area contributed by atoms with E-state index in [-0.39, 0.29) is 23.3 Å². The summed E-state index contributed by atoms with van der Waals surface area (Å²) in [5.41, 5.74) is 0.0589. The number of aromatic nitrogens is 1. The van der Waals surface area contributed by atoms with E-state index in [1.54, 1.807) is 13.0 Å². The highest BCUT2D eigenvalue weighted by molar-refractivity contribution is 5.94. The van der Waals surface area contributed by atoms with Crippen LogP contribution in [0.1, 0.15) is 30.1 Å². The van der Waals surface area contributed by atoms with Gasteiger partial charge in [-0.1, -0.05) is 0 Å². The highest BCUT2D eigenvalue weighted by Gasteiger charge is 2.26. The second-order valence-electron chi connectivity index (χ2n) is 4.35. The normalized spacial score (nSPS) is 15.8. The average Bonchev–Trinajstić information content (AvgIpc) is 3.13. The number of carboxylic acids is 1. The molecule has 0 bridgehead atoms. The number of nitrogens with zero attached hydrogens (tertiary/aromatic N) is 1. The molecule has 1 heterocycles. The topological polar surface area (TPSA) is 91.3 Å². The Morgan fingerprint density at radius 2 is 2.22 bits per heavy atom. The Bertz CT molecular complexity index is 471. The highest BCUT2D eigenvalue weighted by atomic mass is 16.4. The van der Waals surface area contributed by atoms with Crippen LogP contribution in [0.25, 0.3) is 0 Å². The van der Waals surface area contributed by atoms with Gasteiger partial charge in [-0.05, 0) is 31.9 Å². The van der Waals surface area contributed by atoms with Gasteiger partial charge in [-0.25, -0.2) is 9.78 Å². The molecule has 0 aliphatic heterocycles. The molecule has 1 aromatic rings. The van der Waals surface area contributed by atoms with E-state index in [2.05, 4.69) is 15.6 Å². The smallest absolute Gasteiger partial charge is 0.339 e. The molecule has 1 atom stereocenters. The Labute approximate surface area is 104 Å². The maximum absolute atomic E-state index is 11.7. The number of rotatable bonds is 5. The molecule has 1 unspecified atom stereocenters. The number of amides is 1. The molecule has 1 amide bonds. The first-order valence-electron chi connectivity index (χ1n) is 5.83. The fourth-order valence-electron chi connectivity index (χ4n) is 1.52. The molecule has 3 N–H and O–H groups in total. The summed E-state index contributed by atoms with van der Waals surface area (Å²) in [6.45, 7) is 1.68. The van der Waals surface area contributed by atoms with Crippen LogP contribution >= 0.6 is 0 Å². The minimum atomic E-state index is -1.07. The molecule has 6 heteroatoms. The van der Waals surface area contributed by atoms with Crippen LogP contribution in [0.15, 0.2) is 18.3 Å². The van der Waals surface area contributed by atoms with Crippen molar-refractivity contribution in [1.82, 2.24) is 10.3 Å². The summed E-state index contributed by atoms with van der Waals surface area (Å²) in [6, 6.07) is 2.76. The number of hydrogen-bond donors (Lipinski definition) is 3. The SMILES string of the molecule is CC(Nc1ncccc1C(=O)O)C(=O)NC1CC1. The number of carbonyl (C=O) groups is 2. The van der Waals surface area contributed by atoms with Gasteiger partial charge in [0.15, 0.2) is 0 Å². The molecule has 2 rings (SSSR count). The van der Waals surface area contributed by atoms with E-state index in [1.807, 2.05) is 0 Å².